The third kappa shape index (κ3) is 6.20. The molecule has 6 heteroatoms. The maximum Gasteiger partial charge on any atom is 0.0900 e. The molecule has 124 valence electrons. The quantitative estimate of drug-likeness (QED) is 0.740. The highest BCUT2D eigenvalue weighted by atomic mass is 35.5. The fraction of sp³-hybridized carbons (Fsp3) is 0.625. The van der Waals surface area contributed by atoms with Gasteiger partial charge in [0.15, 0.2) is 0 Å². The molecule has 22 heavy (non-hydrogen) atoms. The third-order valence-electron chi connectivity index (χ3n) is 3.84. The average Bonchev–Trinajstić information content (AvgIpc) is 2.51. The van der Waals surface area contributed by atoms with Crippen LogP contribution in [-0.2, 0) is 11.3 Å². The minimum absolute atomic E-state index is 0.209. The van der Waals surface area contributed by atoms with Gasteiger partial charge in [-0.25, -0.2) is 0 Å². The first-order valence-electron chi connectivity index (χ1n) is 7.73. The summed E-state index contributed by atoms with van der Waals surface area (Å²) >= 11 is 5.83. The molecule has 1 aromatic carbocycles. The SMILES string of the molecule is OCCN1CCN(C[C@@H](O)COCc2ccc(Cl)cc2)CC1. The molecule has 5 nitrogen and oxygen atoms in total. The number of piperazine rings is 1. The summed E-state index contributed by atoms with van der Waals surface area (Å²) in [6, 6.07) is 7.52. The van der Waals surface area contributed by atoms with Crippen molar-refractivity contribution in [2.75, 3.05) is 52.5 Å². The van der Waals surface area contributed by atoms with E-state index in [0.717, 1.165) is 38.3 Å². The zero-order chi connectivity index (χ0) is 15.8. The van der Waals surface area contributed by atoms with Gasteiger partial charge in [-0.15, -0.1) is 0 Å². The number of ether oxygens (including phenoxy) is 1. The molecule has 0 aliphatic carbocycles. The number of nitrogens with zero attached hydrogens (tertiary/aromatic N) is 2. The lowest BCUT2D eigenvalue weighted by atomic mass is 10.2. The molecule has 0 spiro atoms. The third-order valence-corrected chi connectivity index (χ3v) is 4.09. The number of rotatable bonds is 8. The maximum absolute atomic E-state index is 10.1. The molecule has 0 amide bonds. The molecule has 0 radical (unpaired) electrons. The van der Waals surface area contributed by atoms with E-state index in [9.17, 15) is 5.11 Å². The highest BCUT2D eigenvalue weighted by Crippen LogP contribution is 2.10. The van der Waals surface area contributed by atoms with E-state index in [1.165, 1.54) is 0 Å². The second-order valence-electron chi connectivity index (χ2n) is 5.66. The smallest absolute Gasteiger partial charge is 0.0900 e. The Balaban J connectivity index is 1.60. The lowest BCUT2D eigenvalue weighted by Gasteiger charge is -2.35. The molecular weight excluding hydrogens is 304 g/mol. The normalized spacial score (nSPS) is 18.5. The Bertz CT molecular complexity index is 422. The van der Waals surface area contributed by atoms with Gasteiger partial charge in [0.25, 0.3) is 0 Å². The van der Waals surface area contributed by atoms with Gasteiger partial charge in [-0.05, 0) is 17.7 Å². The number of aliphatic hydroxyl groups excluding tert-OH is 2. The molecule has 0 saturated carbocycles. The molecule has 1 aromatic rings. The van der Waals surface area contributed by atoms with E-state index >= 15 is 0 Å². The highest BCUT2D eigenvalue weighted by Gasteiger charge is 2.18. The van der Waals surface area contributed by atoms with Crippen LogP contribution in [-0.4, -0.2) is 78.6 Å². The Morgan fingerprint density at radius 2 is 1.73 bits per heavy atom. The van der Waals surface area contributed by atoms with E-state index in [1.807, 2.05) is 24.3 Å². The summed E-state index contributed by atoms with van der Waals surface area (Å²) in [5.41, 5.74) is 1.05. The summed E-state index contributed by atoms with van der Waals surface area (Å²) < 4.78 is 5.56. The largest absolute Gasteiger partial charge is 0.395 e. The van der Waals surface area contributed by atoms with Gasteiger partial charge in [0.2, 0.25) is 0 Å². The molecule has 0 unspecified atom stereocenters. The first-order valence-corrected chi connectivity index (χ1v) is 8.11. The van der Waals surface area contributed by atoms with E-state index in [1.54, 1.807) is 0 Å². The van der Waals surface area contributed by atoms with Crippen LogP contribution in [0.5, 0.6) is 0 Å². The molecule has 0 aromatic heterocycles. The van der Waals surface area contributed by atoms with Crippen molar-refractivity contribution in [2.24, 2.45) is 0 Å². The summed E-state index contributed by atoms with van der Waals surface area (Å²) in [4.78, 5) is 4.48. The van der Waals surface area contributed by atoms with Gasteiger partial charge in [-0.3, -0.25) is 9.80 Å². The van der Waals surface area contributed by atoms with Crippen molar-refractivity contribution >= 4 is 11.6 Å². The van der Waals surface area contributed by atoms with E-state index < -0.39 is 6.10 Å². The number of halogens is 1. The Morgan fingerprint density at radius 1 is 1.09 bits per heavy atom. The van der Waals surface area contributed by atoms with Gasteiger partial charge >= 0.3 is 0 Å². The van der Waals surface area contributed by atoms with Crippen LogP contribution < -0.4 is 0 Å². The summed E-state index contributed by atoms with van der Waals surface area (Å²) in [6.45, 7) is 6.13. The monoisotopic (exact) mass is 328 g/mol. The molecule has 2 rings (SSSR count). The van der Waals surface area contributed by atoms with Crippen molar-refractivity contribution in [3.63, 3.8) is 0 Å². The van der Waals surface area contributed by atoms with Crippen molar-refractivity contribution < 1.29 is 14.9 Å². The molecule has 1 fully saturated rings. The van der Waals surface area contributed by atoms with Crippen LogP contribution >= 0.6 is 11.6 Å². The molecule has 1 aliphatic rings. The van der Waals surface area contributed by atoms with Crippen LogP contribution in [0.15, 0.2) is 24.3 Å². The van der Waals surface area contributed by atoms with Crippen molar-refractivity contribution in [1.29, 1.82) is 0 Å². The Kier molecular flexibility index (Phi) is 7.59. The predicted octanol–water partition coefficient (Wildman–Crippen LogP) is 0.827. The first kappa shape index (κ1) is 17.7. The zero-order valence-electron chi connectivity index (χ0n) is 12.8. The molecule has 0 bridgehead atoms. The second-order valence-corrected chi connectivity index (χ2v) is 6.10. The Morgan fingerprint density at radius 3 is 2.36 bits per heavy atom. The van der Waals surface area contributed by atoms with Gasteiger partial charge in [-0.1, -0.05) is 23.7 Å². The molecular formula is C16H25ClN2O3. The predicted molar refractivity (Wildman–Crippen MR) is 87.1 cm³/mol. The lowest BCUT2D eigenvalue weighted by molar-refractivity contribution is 0.000521. The van der Waals surface area contributed by atoms with Crippen LogP contribution in [0.25, 0.3) is 0 Å². The Labute approximate surface area is 137 Å². The van der Waals surface area contributed by atoms with E-state index in [2.05, 4.69) is 9.80 Å². The zero-order valence-corrected chi connectivity index (χ0v) is 13.6. The van der Waals surface area contributed by atoms with Gasteiger partial charge in [0.1, 0.15) is 0 Å². The number of aliphatic hydroxyl groups is 2. The molecule has 1 atom stereocenters. The fourth-order valence-corrected chi connectivity index (χ4v) is 2.71. The van der Waals surface area contributed by atoms with Crippen LogP contribution in [0.1, 0.15) is 5.56 Å². The van der Waals surface area contributed by atoms with Gasteiger partial charge in [0.05, 0.1) is 25.9 Å². The molecule has 1 aliphatic heterocycles. The van der Waals surface area contributed by atoms with Crippen molar-refractivity contribution in [3.8, 4) is 0 Å². The van der Waals surface area contributed by atoms with Gasteiger partial charge in [-0.2, -0.15) is 0 Å². The summed E-state index contributed by atoms with van der Waals surface area (Å²) in [7, 11) is 0. The lowest BCUT2D eigenvalue weighted by Crippen LogP contribution is -2.49. The number of benzene rings is 1. The second kappa shape index (κ2) is 9.45. The van der Waals surface area contributed by atoms with Crippen LogP contribution in [0.3, 0.4) is 0 Å². The van der Waals surface area contributed by atoms with E-state index in [-0.39, 0.29) is 6.61 Å². The standard InChI is InChI=1S/C16H25ClN2O3/c17-15-3-1-14(2-4-15)12-22-13-16(21)11-19-7-5-18(6-8-19)9-10-20/h1-4,16,20-21H,5-13H2/t16-/m1/s1. The summed E-state index contributed by atoms with van der Waals surface area (Å²) in [5.74, 6) is 0. The van der Waals surface area contributed by atoms with E-state index in [4.69, 9.17) is 21.4 Å². The van der Waals surface area contributed by atoms with Crippen LogP contribution in [0.4, 0.5) is 0 Å². The summed E-state index contributed by atoms with van der Waals surface area (Å²) in [5, 5.41) is 19.7. The highest BCUT2D eigenvalue weighted by molar-refractivity contribution is 6.30. The van der Waals surface area contributed by atoms with Crippen molar-refractivity contribution in [2.45, 2.75) is 12.7 Å². The van der Waals surface area contributed by atoms with Gasteiger partial charge in [0, 0.05) is 44.3 Å². The molecule has 1 saturated heterocycles. The first-order chi connectivity index (χ1) is 10.7. The minimum atomic E-state index is -0.475. The summed E-state index contributed by atoms with van der Waals surface area (Å²) in [6.07, 6.45) is -0.475. The Hall–Kier alpha value is -0.690. The number of β-amino-alcohol motifs (C(OH)–C–C–N with tert-alkyl or cyclic N) is 2. The minimum Gasteiger partial charge on any atom is -0.395 e. The van der Waals surface area contributed by atoms with E-state index in [0.29, 0.717) is 24.8 Å². The van der Waals surface area contributed by atoms with Gasteiger partial charge < -0.3 is 14.9 Å². The van der Waals surface area contributed by atoms with Crippen molar-refractivity contribution in [3.05, 3.63) is 34.9 Å². The molecule has 2 N–H and O–H groups in total. The topological polar surface area (TPSA) is 56.2 Å². The number of hydrogen-bond acceptors (Lipinski definition) is 5. The number of hydrogen-bond donors (Lipinski definition) is 2. The van der Waals surface area contributed by atoms with Crippen LogP contribution in [0, 0.1) is 0 Å². The average molecular weight is 329 g/mol. The maximum atomic E-state index is 10.1. The molecule has 1 heterocycles. The van der Waals surface area contributed by atoms with Crippen LogP contribution in [0.2, 0.25) is 5.02 Å². The fourth-order valence-electron chi connectivity index (χ4n) is 2.58. The van der Waals surface area contributed by atoms with Crippen molar-refractivity contribution in [1.82, 2.24) is 9.80 Å².